The molecule has 9 heteroatoms. The number of morpholine rings is 1. The Morgan fingerprint density at radius 3 is 2.48 bits per heavy atom. The highest BCUT2D eigenvalue weighted by Gasteiger charge is 2.24. The van der Waals surface area contributed by atoms with Crippen molar-refractivity contribution in [1.29, 1.82) is 0 Å². The summed E-state index contributed by atoms with van der Waals surface area (Å²) in [6.07, 6.45) is 1.02. The molecule has 1 aliphatic rings. The first kappa shape index (κ1) is 19.2. The van der Waals surface area contributed by atoms with Gasteiger partial charge in [0.1, 0.15) is 6.54 Å². The fraction of sp³-hybridized carbons (Fsp3) is 0.500. The van der Waals surface area contributed by atoms with Crippen LogP contribution in [0.25, 0.3) is 0 Å². The molecule has 0 radical (unpaired) electrons. The Morgan fingerprint density at radius 2 is 1.88 bits per heavy atom. The number of aryl methyl sites for hydroxylation is 1. The molecule has 8 nitrogen and oxygen atoms in total. The van der Waals surface area contributed by atoms with E-state index in [2.05, 4.69) is 0 Å². The van der Waals surface area contributed by atoms with Crippen LogP contribution in [-0.4, -0.2) is 70.9 Å². The zero-order valence-electron chi connectivity index (χ0n) is 14.3. The molecule has 0 aliphatic carbocycles. The van der Waals surface area contributed by atoms with Crippen molar-refractivity contribution < 1.29 is 27.5 Å². The number of carbonyl (C=O) groups is 2. The van der Waals surface area contributed by atoms with E-state index in [9.17, 15) is 18.0 Å². The van der Waals surface area contributed by atoms with Crippen LogP contribution in [0.1, 0.15) is 5.56 Å². The molecule has 1 saturated heterocycles. The van der Waals surface area contributed by atoms with Crippen molar-refractivity contribution in [3.63, 3.8) is 0 Å². The van der Waals surface area contributed by atoms with Gasteiger partial charge in [0.2, 0.25) is 10.0 Å². The van der Waals surface area contributed by atoms with Crippen molar-refractivity contribution in [1.82, 2.24) is 4.90 Å². The SMILES string of the molecule is Cc1ccccc1N(CC(=O)OCC(=O)N1CCOCC1)S(C)(=O)=O. The van der Waals surface area contributed by atoms with Crippen LogP contribution in [0.2, 0.25) is 0 Å². The van der Waals surface area contributed by atoms with Crippen molar-refractivity contribution in [2.24, 2.45) is 0 Å². The molecule has 0 saturated carbocycles. The first-order chi connectivity index (χ1) is 11.8. The number of rotatable bonds is 6. The standard InChI is InChI=1S/C16H22N2O6S/c1-13-5-3-4-6-14(13)18(25(2,21)22)11-16(20)24-12-15(19)17-7-9-23-10-8-17/h3-6H,7-12H2,1-2H3. The van der Waals surface area contributed by atoms with Crippen LogP contribution >= 0.6 is 0 Å². The molecule has 25 heavy (non-hydrogen) atoms. The number of sulfonamides is 1. The smallest absolute Gasteiger partial charge is 0.327 e. The van der Waals surface area contributed by atoms with E-state index in [1.807, 2.05) is 0 Å². The number of anilines is 1. The minimum Gasteiger partial charge on any atom is -0.454 e. The van der Waals surface area contributed by atoms with E-state index in [1.54, 1.807) is 36.1 Å². The van der Waals surface area contributed by atoms with Gasteiger partial charge in [-0.25, -0.2) is 8.42 Å². The Kier molecular flexibility index (Phi) is 6.38. The molecule has 1 heterocycles. The number of esters is 1. The van der Waals surface area contributed by atoms with E-state index < -0.39 is 29.1 Å². The van der Waals surface area contributed by atoms with Gasteiger partial charge in [-0.2, -0.15) is 0 Å². The Hall–Kier alpha value is -2.13. The lowest BCUT2D eigenvalue weighted by Gasteiger charge is -2.27. The fourth-order valence-corrected chi connectivity index (χ4v) is 3.34. The molecular weight excluding hydrogens is 348 g/mol. The molecule has 0 atom stereocenters. The Balaban J connectivity index is 1.98. The summed E-state index contributed by atoms with van der Waals surface area (Å²) in [6.45, 7) is 2.67. The maximum atomic E-state index is 12.0. The third-order valence-electron chi connectivity index (χ3n) is 3.78. The predicted molar refractivity (Wildman–Crippen MR) is 91.7 cm³/mol. The molecule has 1 aliphatic heterocycles. The highest BCUT2D eigenvalue weighted by molar-refractivity contribution is 7.92. The second-order valence-corrected chi connectivity index (χ2v) is 7.62. The van der Waals surface area contributed by atoms with Crippen LogP contribution in [-0.2, 0) is 29.1 Å². The number of hydrogen-bond acceptors (Lipinski definition) is 6. The van der Waals surface area contributed by atoms with Crippen LogP contribution in [0.3, 0.4) is 0 Å². The first-order valence-electron chi connectivity index (χ1n) is 7.83. The van der Waals surface area contributed by atoms with E-state index >= 15 is 0 Å². The monoisotopic (exact) mass is 370 g/mol. The molecule has 1 fully saturated rings. The van der Waals surface area contributed by atoms with E-state index in [0.717, 1.165) is 10.6 Å². The zero-order valence-corrected chi connectivity index (χ0v) is 15.1. The number of amides is 1. The van der Waals surface area contributed by atoms with Crippen LogP contribution in [0.4, 0.5) is 5.69 Å². The van der Waals surface area contributed by atoms with Crippen LogP contribution in [0.5, 0.6) is 0 Å². The average molecular weight is 370 g/mol. The highest BCUT2D eigenvalue weighted by atomic mass is 32.2. The van der Waals surface area contributed by atoms with Crippen LogP contribution in [0.15, 0.2) is 24.3 Å². The largest absolute Gasteiger partial charge is 0.454 e. The number of benzene rings is 1. The number of nitrogens with zero attached hydrogens (tertiary/aromatic N) is 2. The van der Waals surface area contributed by atoms with Crippen LogP contribution in [0, 0.1) is 6.92 Å². The summed E-state index contributed by atoms with van der Waals surface area (Å²) in [5.74, 6) is -1.10. The van der Waals surface area contributed by atoms with Crippen molar-refractivity contribution >= 4 is 27.6 Å². The minimum absolute atomic E-state index is 0.321. The van der Waals surface area contributed by atoms with E-state index in [1.165, 1.54) is 0 Å². The van der Waals surface area contributed by atoms with Crippen molar-refractivity contribution in [3.05, 3.63) is 29.8 Å². The van der Waals surface area contributed by atoms with Gasteiger partial charge >= 0.3 is 5.97 Å². The topological polar surface area (TPSA) is 93.2 Å². The Labute approximate surface area is 147 Å². The Morgan fingerprint density at radius 1 is 1.24 bits per heavy atom. The van der Waals surface area contributed by atoms with Gasteiger partial charge in [0.25, 0.3) is 5.91 Å². The van der Waals surface area contributed by atoms with Gasteiger partial charge in [-0.15, -0.1) is 0 Å². The summed E-state index contributed by atoms with van der Waals surface area (Å²) >= 11 is 0. The van der Waals surface area contributed by atoms with Crippen molar-refractivity contribution in [3.8, 4) is 0 Å². The maximum absolute atomic E-state index is 12.0. The molecule has 0 bridgehead atoms. The second kappa shape index (κ2) is 8.30. The quantitative estimate of drug-likeness (QED) is 0.663. The molecule has 0 N–H and O–H groups in total. The van der Waals surface area contributed by atoms with Gasteiger partial charge in [-0.1, -0.05) is 18.2 Å². The lowest BCUT2D eigenvalue weighted by molar-refractivity contribution is -0.152. The summed E-state index contributed by atoms with van der Waals surface area (Å²) in [5, 5.41) is 0. The van der Waals surface area contributed by atoms with Gasteiger partial charge in [0, 0.05) is 13.1 Å². The summed E-state index contributed by atoms with van der Waals surface area (Å²) < 4.78 is 35.2. The van der Waals surface area contributed by atoms with Crippen molar-refractivity contribution in [2.45, 2.75) is 6.92 Å². The minimum atomic E-state index is -3.67. The Bertz CT molecular complexity index is 728. The molecule has 0 spiro atoms. The number of para-hydroxylation sites is 1. The fourth-order valence-electron chi connectivity index (χ4n) is 2.43. The molecule has 1 amide bonds. The third kappa shape index (κ3) is 5.43. The lowest BCUT2D eigenvalue weighted by atomic mass is 10.2. The molecule has 1 aromatic rings. The molecule has 2 rings (SSSR count). The second-order valence-electron chi connectivity index (χ2n) is 5.71. The van der Waals surface area contributed by atoms with Gasteiger partial charge in [0.05, 0.1) is 25.2 Å². The first-order valence-corrected chi connectivity index (χ1v) is 9.68. The molecular formula is C16H22N2O6S. The normalized spacial score (nSPS) is 14.9. The summed E-state index contributed by atoms with van der Waals surface area (Å²) in [7, 11) is -3.67. The molecule has 0 unspecified atom stereocenters. The molecule has 1 aromatic carbocycles. The predicted octanol–water partition coefficient (Wildman–Crippen LogP) is 0.163. The number of carbonyl (C=O) groups excluding carboxylic acids is 2. The average Bonchev–Trinajstić information content (AvgIpc) is 2.58. The highest BCUT2D eigenvalue weighted by Crippen LogP contribution is 2.21. The van der Waals surface area contributed by atoms with Gasteiger partial charge in [-0.05, 0) is 18.6 Å². The number of ether oxygens (including phenoxy) is 2. The molecule has 0 aromatic heterocycles. The lowest BCUT2D eigenvalue weighted by Crippen LogP contribution is -2.43. The zero-order chi connectivity index (χ0) is 18.4. The van der Waals surface area contributed by atoms with E-state index in [4.69, 9.17) is 9.47 Å². The van der Waals surface area contributed by atoms with E-state index in [-0.39, 0.29) is 5.91 Å². The summed E-state index contributed by atoms with van der Waals surface area (Å²) in [5.41, 5.74) is 1.12. The van der Waals surface area contributed by atoms with E-state index in [0.29, 0.717) is 37.6 Å². The number of hydrogen-bond donors (Lipinski definition) is 0. The maximum Gasteiger partial charge on any atom is 0.327 e. The summed E-state index contributed by atoms with van der Waals surface area (Å²) in [4.78, 5) is 25.6. The van der Waals surface area contributed by atoms with Crippen molar-refractivity contribution in [2.75, 3.05) is 50.0 Å². The van der Waals surface area contributed by atoms with Gasteiger partial charge < -0.3 is 14.4 Å². The third-order valence-corrected chi connectivity index (χ3v) is 4.90. The molecule has 138 valence electrons. The van der Waals surface area contributed by atoms with Gasteiger partial charge in [-0.3, -0.25) is 13.9 Å². The van der Waals surface area contributed by atoms with Gasteiger partial charge in [0.15, 0.2) is 6.61 Å². The van der Waals surface area contributed by atoms with Crippen LogP contribution < -0.4 is 4.31 Å². The summed E-state index contributed by atoms with van der Waals surface area (Å²) in [6, 6.07) is 6.83.